The molecule has 3 aromatic rings. The van der Waals surface area contributed by atoms with E-state index in [-0.39, 0.29) is 17.7 Å². The number of para-hydroxylation sites is 1. The first-order valence-electron chi connectivity index (χ1n) is 10.6. The van der Waals surface area contributed by atoms with Gasteiger partial charge >= 0.3 is 0 Å². The topological polar surface area (TPSA) is 80.3 Å². The van der Waals surface area contributed by atoms with E-state index in [0.717, 1.165) is 21.8 Å². The Morgan fingerprint density at radius 1 is 1.09 bits per heavy atom. The molecule has 168 valence electrons. The largest absolute Gasteiger partial charge is 0.496 e. The zero-order valence-electron chi connectivity index (χ0n) is 18.8. The molecule has 7 heteroatoms. The lowest BCUT2D eigenvalue weighted by molar-refractivity contribution is -0.123. The molecule has 0 aliphatic heterocycles. The van der Waals surface area contributed by atoms with Crippen LogP contribution in [-0.2, 0) is 11.2 Å². The third-order valence-corrected chi connectivity index (χ3v) is 5.94. The summed E-state index contributed by atoms with van der Waals surface area (Å²) in [6.07, 6.45) is 0.702. The first-order valence-corrected chi connectivity index (χ1v) is 11.5. The maximum atomic E-state index is 12.8. The van der Waals surface area contributed by atoms with Crippen LogP contribution in [0.5, 0.6) is 5.75 Å². The summed E-state index contributed by atoms with van der Waals surface area (Å²) >= 11 is 1.63. The summed E-state index contributed by atoms with van der Waals surface area (Å²) in [5.74, 6) is -0.110. The molecule has 3 rings (SSSR count). The van der Waals surface area contributed by atoms with Gasteiger partial charge in [0.05, 0.1) is 23.4 Å². The number of aryl methyl sites for hydroxylation is 1. The fourth-order valence-electron chi connectivity index (χ4n) is 3.36. The number of rotatable bonds is 9. The SMILES string of the molecule is COc1ccccc1C(=O)NC(C(=O)NCCc1ccc(-c2csc(C)n2)cc1)C(C)C. The highest BCUT2D eigenvalue weighted by molar-refractivity contribution is 7.09. The van der Waals surface area contributed by atoms with Crippen molar-refractivity contribution in [1.29, 1.82) is 0 Å². The van der Waals surface area contributed by atoms with E-state index >= 15 is 0 Å². The van der Waals surface area contributed by atoms with Gasteiger partial charge in [0, 0.05) is 17.5 Å². The number of benzene rings is 2. The predicted molar refractivity (Wildman–Crippen MR) is 128 cm³/mol. The van der Waals surface area contributed by atoms with Crippen LogP contribution in [0.2, 0.25) is 0 Å². The Morgan fingerprint density at radius 3 is 2.44 bits per heavy atom. The van der Waals surface area contributed by atoms with Crippen molar-refractivity contribution < 1.29 is 14.3 Å². The summed E-state index contributed by atoms with van der Waals surface area (Å²) in [5.41, 5.74) is 3.60. The van der Waals surface area contributed by atoms with Gasteiger partial charge in [-0.1, -0.05) is 50.2 Å². The van der Waals surface area contributed by atoms with Gasteiger partial charge in [0.1, 0.15) is 11.8 Å². The second-order valence-electron chi connectivity index (χ2n) is 7.89. The molecule has 0 saturated carbocycles. The summed E-state index contributed by atoms with van der Waals surface area (Å²) in [5, 5.41) is 8.90. The van der Waals surface area contributed by atoms with Crippen molar-refractivity contribution in [2.75, 3.05) is 13.7 Å². The molecule has 0 aliphatic carbocycles. The zero-order chi connectivity index (χ0) is 23.1. The summed E-state index contributed by atoms with van der Waals surface area (Å²) in [4.78, 5) is 30.0. The van der Waals surface area contributed by atoms with Crippen molar-refractivity contribution in [1.82, 2.24) is 15.6 Å². The van der Waals surface area contributed by atoms with Crippen LogP contribution in [0.15, 0.2) is 53.9 Å². The van der Waals surface area contributed by atoms with E-state index in [1.165, 1.54) is 7.11 Å². The third kappa shape index (κ3) is 5.95. The van der Waals surface area contributed by atoms with Gasteiger partial charge in [0.25, 0.3) is 5.91 Å². The standard InChI is InChI=1S/C25H29N3O3S/c1-16(2)23(28-24(29)20-7-5-6-8-22(20)31-4)25(30)26-14-13-18-9-11-19(12-10-18)21-15-32-17(3)27-21/h5-12,15-16,23H,13-14H2,1-4H3,(H,26,30)(H,28,29). The summed E-state index contributed by atoms with van der Waals surface area (Å²) in [7, 11) is 1.52. The molecule has 32 heavy (non-hydrogen) atoms. The maximum absolute atomic E-state index is 12.8. The Morgan fingerprint density at radius 2 is 1.81 bits per heavy atom. The van der Waals surface area contributed by atoms with Crippen LogP contribution in [-0.4, -0.2) is 36.5 Å². The molecule has 0 bridgehead atoms. The Hall–Kier alpha value is -3.19. The van der Waals surface area contributed by atoms with Crippen LogP contribution in [0.3, 0.4) is 0 Å². The van der Waals surface area contributed by atoms with E-state index in [9.17, 15) is 9.59 Å². The molecule has 2 N–H and O–H groups in total. The number of hydrogen-bond acceptors (Lipinski definition) is 5. The minimum Gasteiger partial charge on any atom is -0.496 e. The molecule has 0 saturated heterocycles. The first kappa shape index (κ1) is 23.5. The van der Waals surface area contributed by atoms with Crippen LogP contribution >= 0.6 is 11.3 Å². The van der Waals surface area contributed by atoms with E-state index in [1.54, 1.807) is 35.6 Å². The minimum atomic E-state index is -0.636. The normalized spacial score (nSPS) is 11.8. The van der Waals surface area contributed by atoms with Crippen LogP contribution in [0.25, 0.3) is 11.3 Å². The minimum absolute atomic E-state index is 0.0606. The second-order valence-corrected chi connectivity index (χ2v) is 8.95. The number of ether oxygens (including phenoxy) is 1. The van der Waals surface area contributed by atoms with E-state index in [2.05, 4.69) is 45.3 Å². The molecule has 0 spiro atoms. The molecular formula is C25H29N3O3S. The zero-order valence-corrected chi connectivity index (χ0v) is 19.7. The van der Waals surface area contributed by atoms with Crippen LogP contribution < -0.4 is 15.4 Å². The molecule has 0 aliphatic rings. The van der Waals surface area contributed by atoms with Crippen molar-refractivity contribution in [2.24, 2.45) is 5.92 Å². The highest BCUT2D eigenvalue weighted by Crippen LogP contribution is 2.22. The van der Waals surface area contributed by atoms with Crippen LogP contribution in [0, 0.1) is 12.8 Å². The quantitative estimate of drug-likeness (QED) is 0.510. The van der Waals surface area contributed by atoms with Gasteiger partial charge in [-0.05, 0) is 37.0 Å². The number of thiazole rings is 1. The van der Waals surface area contributed by atoms with Gasteiger partial charge in [0.2, 0.25) is 5.91 Å². The highest BCUT2D eigenvalue weighted by Gasteiger charge is 2.25. The van der Waals surface area contributed by atoms with E-state index in [4.69, 9.17) is 4.74 Å². The van der Waals surface area contributed by atoms with Gasteiger partial charge in [-0.25, -0.2) is 4.98 Å². The molecule has 1 unspecified atom stereocenters. The van der Waals surface area contributed by atoms with Crippen molar-refractivity contribution in [2.45, 2.75) is 33.2 Å². The predicted octanol–water partition coefficient (Wildman–Crippen LogP) is 4.24. The smallest absolute Gasteiger partial charge is 0.255 e. The monoisotopic (exact) mass is 451 g/mol. The number of carbonyl (C=O) groups is 2. The average Bonchev–Trinajstić information content (AvgIpc) is 3.23. The van der Waals surface area contributed by atoms with Gasteiger partial charge in [0.15, 0.2) is 0 Å². The molecule has 6 nitrogen and oxygen atoms in total. The number of aromatic nitrogens is 1. The molecule has 2 aromatic carbocycles. The number of methoxy groups -OCH3 is 1. The average molecular weight is 452 g/mol. The molecule has 1 aromatic heterocycles. The van der Waals surface area contributed by atoms with Gasteiger partial charge < -0.3 is 15.4 Å². The third-order valence-electron chi connectivity index (χ3n) is 5.17. The number of hydrogen-bond donors (Lipinski definition) is 2. The van der Waals surface area contributed by atoms with Crippen molar-refractivity contribution in [3.05, 3.63) is 70.0 Å². The maximum Gasteiger partial charge on any atom is 0.255 e. The van der Waals surface area contributed by atoms with Crippen LogP contribution in [0.4, 0.5) is 0 Å². The van der Waals surface area contributed by atoms with E-state index < -0.39 is 6.04 Å². The lowest BCUT2D eigenvalue weighted by Crippen LogP contribution is -2.50. The fourth-order valence-corrected chi connectivity index (χ4v) is 3.99. The van der Waals surface area contributed by atoms with Crippen molar-refractivity contribution in [3.8, 4) is 17.0 Å². The molecule has 0 radical (unpaired) electrons. The van der Waals surface area contributed by atoms with Crippen molar-refractivity contribution in [3.63, 3.8) is 0 Å². The summed E-state index contributed by atoms with van der Waals surface area (Å²) < 4.78 is 5.26. The Balaban J connectivity index is 1.55. The number of nitrogens with one attached hydrogen (secondary N) is 2. The van der Waals surface area contributed by atoms with Crippen LogP contribution in [0.1, 0.15) is 34.8 Å². The number of carbonyl (C=O) groups excluding carboxylic acids is 2. The summed E-state index contributed by atoms with van der Waals surface area (Å²) in [6, 6.07) is 14.5. The Bertz CT molecular complexity index is 1060. The Labute approximate surface area is 193 Å². The Kier molecular flexibility index (Phi) is 8.00. The molecule has 0 fully saturated rings. The van der Waals surface area contributed by atoms with Crippen molar-refractivity contribution >= 4 is 23.2 Å². The highest BCUT2D eigenvalue weighted by atomic mass is 32.1. The second kappa shape index (κ2) is 10.9. The lowest BCUT2D eigenvalue weighted by Gasteiger charge is -2.22. The van der Waals surface area contributed by atoms with E-state index in [0.29, 0.717) is 24.3 Å². The molecular weight excluding hydrogens is 422 g/mol. The number of nitrogens with zero attached hydrogens (tertiary/aromatic N) is 1. The van der Waals surface area contributed by atoms with Gasteiger partial charge in [-0.2, -0.15) is 0 Å². The molecule has 2 amide bonds. The first-order chi connectivity index (χ1) is 15.4. The van der Waals surface area contributed by atoms with Gasteiger partial charge in [-0.15, -0.1) is 11.3 Å². The molecule has 1 atom stereocenters. The van der Waals surface area contributed by atoms with Gasteiger partial charge in [-0.3, -0.25) is 9.59 Å². The summed E-state index contributed by atoms with van der Waals surface area (Å²) in [6.45, 7) is 6.30. The van der Waals surface area contributed by atoms with E-state index in [1.807, 2.05) is 20.8 Å². The molecule has 1 heterocycles. The lowest BCUT2D eigenvalue weighted by atomic mass is 10.0. The fraction of sp³-hybridized carbons (Fsp3) is 0.320. The number of amides is 2.